The first kappa shape index (κ1) is 24.4. The SMILES string of the molecule is Cc1noc(-c2ccc(OCC3CCCCC3C(=O)O)cn2)c1Nc1cncc(OCC(C)C)n1. The summed E-state index contributed by atoms with van der Waals surface area (Å²) in [5.74, 6) is 1.27. The van der Waals surface area contributed by atoms with Gasteiger partial charge in [-0.3, -0.25) is 9.78 Å². The molecule has 2 atom stereocenters. The van der Waals surface area contributed by atoms with Crippen LogP contribution in [0, 0.1) is 24.7 Å². The second-order valence-corrected chi connectivity index (χ2v) is 9.22. The van der Waals surface area contributed by atoms with Gasteiger partial charge in [0, 0.05) is 5.92 Å². The normalized spacial score (nSPS) is 17.8. The second kappa shape index (κ2) is 11.2. The summed E-state index contributed by atoms with van der Waals surface area (Å²) in [6.45, 7) is 6.86. The van der Waals surface area contributed by atoms with Crippen molar-refractivity contribution in [2.75, 3.05) is 18.5 Å². The van der Waals surface area contributed by atoms with Crippen LogP contribution in [0.4, 0.5) is 11.5 Å². The lowest BCUT2D eigenvalue weighted by Crippen LogP contribution is -2.31. The van der Waals surface area contributed by atoms with E-state index in [2.05, 4.69) is 39.3 Å². The molecule has 186 valence electrons. The molecule has 3 aromatic heterocycles. The number of aryl methyl sites for hydroxylation is 1. The van der Waals surface area contributed by atoms with Crippen LogP contribution in [-0.2, 0) is 4.79 Å². The molecular formula is C25H31N5O5. The highest BCUT2D eigenvalue weighted by atomic mass is 16.5. The van der Waals surface area contributed by atoms with Gasteiger partial charge in [0.2, 0.25) is 11.6 Å². The number of carbonyl (C=O) groups is 1. The smallest absolute Gasteiger partial charge is 0.306 e. The highest BCUT2D eigenvalue weighted by molar-refractivity contribution is 5.75. The maximum absolute atomic E-state index is 11.5. The van der Waals surface area contributed by atoms with Crippen molar-refractivity contribution in [3.63, 3.8) is 0 Å². The summed E-state index contributed by atoms with van der Waals surface area (Å²) in [6, 6.07) is 3.58. The first-order chi connectivity index (χ1) is 16.9. The number of rotatable bonds is 10. The Hall–Kier alpha value is -3.69. The zero-order valence-corrected chi connectivity index (χ0v) is 20.2. The van der Waals surface area contributed by atoms with Gasteiger partial charge < -0.3 is 24.4 Å². The lowest BCUT2D eigenvalue weighted by molar-refractivity contribution is -0.145. The molecule has 0 aromatic carbocycles. The summed E-state index contributed by atoms with van der Waals surface area (Å²) in [6.07, 6.45) is 8.33. The van der Waals surface area contributed by atoms with Crippen molar-refractivity contribution in [1.82, 2.24) is 20.1 Å². The van der Waals surface area contributed by atoms with Crippen molar-refractivity contribution >= 4 is 17.5 Å². The number of hydrogen-bond donors (Lipinski definition) is 2. The van der Waals surface area contributed by atoms with Gasteiger partial charge in [0.25, 0.3) is 0 Å². The Kier molecular flexibility index (Phi) is 7.79. The van der Waals surface area contributed by atoms with E-state index in [0.717, 1.165) is 19.3 Å². The number of nitrogens with one attached hydrogen (secondary N) is 1. The first-order valence-corrected chi connectivity index (χ1v) is 11.9. The number of aromatic nitrogens is 4. The third-order valence-corrected chi connectivity index (χ3v) is 5.95. The van der Waals surface area contributed by atoms with Crippen molar-refractivity contribution in [3.05, 3.63) is 36.4 Å². The Morgan fingerprint density at radius 1 is 1.20 bits per heavy atom. The van der Waals surface area contributed by atoms with Gasteiger partial charge in [-0.25, -0.2) is 4.98 Å². The summed E-state index contributed by atoms with van der Waals surface area (Å²) >= 11 is 0. The summed E-state index contributed by atoms with van der Waals surface area (Å²) in [5, 5.41) is 16.7. The fourth-order valence-electron chi connectivity index (χ4n) is 4.09. The Morgan fingerprint density at radius 2 is 2.03 bits per heavy atom. The summed E-state index contributed by atoms with van der Waals surface area (Å²) < 4.78 is 17.1. The molecule has 0 saturated heterocycles. The lowest BCUT2D eigenvalue weighted by Gasteiger charge is -2.28. The largest absolute Gasteiger partial charge is 0.492 e. The van der Waals surface area contributed by atoms with Gasteiger partial charge in [0.1, 0.15) is 22.8 Å². The van der Waals surface area contributed by atoms with Gasteiger partial charge in [-0.1, -0.05) is 31.8 Å². The number of nitrogens with zero attached hydrogens (tertiary/aromatic N) is 4. The van der Waals surface area contributed by atoms with Gasteiger partial charge in [-0.05, 0) is 37.8 Å². The molecule has 2 N–H and O–H groups in total. The molecule has 10 heteroatoms. The topological polar surface area (TPSA) is 132 Å². The summed E-state index contributed by atoms with van der Waals surface area (Å²) in [7, 11) is 0. The Labute approximate surface area is 204 Å². The average Bonchev–Trinajstić information content (AvgIpc) is 3.22. The van der Waals surface area contributed by atoms with Crippen molar-refractivity contribution in [1.29, 1.82) is 0 Å². The Balaban J connectivity index is 1.43. The molecule has 10 nitrogen and oxygen atoms in total. The molecule has 0 aliphatic heterocycles. The number of hydrogen-bond acceptors (Lipinski definition) is 9. The van der Waals surface area contributed by atoms with Crippen LogP contribution in [0.15, 0.2) is 35.2 Å². The molecule has 3 aromatic rings. The standard InChI is InChI=1S/C25H31N5O5/c1-15(2)13-34-22-12-26-11-21(28-22)29-23-16(3)30-35-24(23)20-9-8-18(10-27-20)33-14-17-6-4-5-7-19(17)25(31)32/h8-12,15,17,19H,4-7,13-14H2,1-3H3,(H,28,29)(H,31,32). The van der Waals surface area contributed by atoms with E-state index >= 15 is 0 Å². The first-order valence-electron chi connectivity index (χ1n) is 11.9. The molecule has 1 fully saturated rings. The van der Waals surface area contributed by atoms with E-state index in [4.69, 9.17) is 14.0 Å². The van der Waals surface area contributed by atoms with E-state index in [0.29, 0.717) is 65.8 Å². The molecule has 1 saturated carbocycles. The number of aliphatic carboxylic acids is 1. The van der Waals surface area contributed by atoms with Crippen LogP contribution in [0.3, 0.4) is 0 Å². The molecule has 2 unspecified atom stereocenters. The highest BCUT2D eigenvalue weighted by Gasteiger charge is 2.31. The van der Waals surface area contributed by atoms with E-state index < -0.39 is 5.97 Å². The number of ether oxygens (including phenoxy) is 2. The van der Waals surface area contributed by atoms with Gasteiger partial charge >= 0.3 is 5.97 Å². The van der Waals surface area contributed by atoms with Crippen LogP contribution < -0.4 is 14.8 Å². The lowest BCUT2D eigenvalue weighted by atomic mass is 9.80. The van der Waals surface area contributed by atoms with Crippen molar-refractivity contribution < 1.29 is 23.9 Å². The Bertz CT molecular complexity index is 1130. The zero-order valence-electron chi connectivity index (χ0n) is 20.2. The minimum Gasteiger partial charge on any atom is -0.492 e. The molecule has 0 bridgehead atoms. The predicted octanol–water partition coefficient (Wildman–Crippen LogP) is 4.88. The highest BCUT2D eigenvalue weighted by Crippen LogP contribution is 2.33. The number of carboxylic acids is 1. The van der Waals surface area contributed by atoms with Crippen LogP contribution >= 0.6 is 0 Å². The van der Waals surface area contributed by atoms with E-state index in [1.165, 1.54) is 0 Å². The Morgan fingerprint density at radius 3 is 2.77 bits per heavy atom. The van der Waals surface area contributed by atoms with Crippen LogP contribution in [0.1, 0.15) is 45.2 Å². The maximum atomic E-state index is 11.5. The van der Waals surface area contributed by atoms with E-state index in [1.807, 2.05) is 6.92 Å². The molecule has 4 rings (SSSR count). The van der Waals surface area contributed by atoms with Crippen molar-refractivity contribution in [2.45, 2.75) is 46.5 Å². The van der Waals surface area contributed by atoms with E-state index in [9.17, 15) is 9.90 Å². The van der Waals surface area contributed by atoms with Crippen LogP contribution in [-0.4, -0.2) is 44.4 Å². The van der Waals surface area contributed by atoms with E-state index in [1.54, 1.807) is 30.7 Å². The molecule has 35 heavy (non-hydrogen) atoms. The molecule has 0 radical (unpaired) electrons. The molecule has 1 aliphatic rings. The monoisotopic (exact) mass is 481 g/mol. The number of carboxylic acid groups (broad SMARTS) is 1. The van der Waals surface area contributed by atoms with E-state index in [-0.39, 0.29) is 11.8 Å². The summed E-state index contributed by atoms with van der Waals surface area (Å²) in [4.78, 5) is 24.6. The third kappa shape index (κ3) is 6.26. The quantitative estimate of drug-likeness (QED) is 0.412. The van der Waals surface area contributed by atoms with Crippen LogP contribution in [0.5, 0.6) is 11.6 Å². The molecule has 0 amide bonds. The van der Waals surface area contributed by atoms with Crippen molar-refractivity contribution in [3.8, 4) is 23.1 Å². The van der Waals surface area contributed by atoms with Crippen LogP contribution in [0.2, 0.25) is 0 Å². The van der Waals surface area contributed by atoms with Gasteiger partial charge in [-0.15, -0.1) is 0 Å². The fourth-order valence-corrected chi connectivity index (χ4v) is 4.09. The fraction of sp³-hybridized carbons (Fsp3) is 0.480. The van der Waals surface area contributed by atoms with Gasteiger partial charge in [0.15, 0.2) is 5.82 Å². The van der Waals surface area contributed by atoms with Gasteiger partial charge in [-0.2, -0.15) is 4.98 Å². The average molecular weight is 482 g/mol. The second-order valence-electron chi connectivity index (χ2n) is 9.22. The molecule has 1 aliphatic carbocycles. The zero-order chi connectivity index (χ0) is 24.8. The predicted molar refractivity (Wildman–Crippen MR) is 129 cm³/mol. The van der Waals surface area contributed by atoms with Crippen LogP contribution in [0.25, 0.3) is 11.5 Å². The summed E-state index contributed by atoms with van der Waals surface area (Å²) in [5.41, 5.74) is 1.85. The minimum absolute atomic E-state index is 0.00930. The maximum Gasteiger partial charge on any atom is 0.306 e. The number of anilines is 2. The molecule has 3 heterocycles. The molecule has 0 spiro atoms. The molecular weight excluding hydrogens is 450 g/mol. The van der Waals surface area contributed by atoms with Crippen molar-refractivity contribution in [2.24, 2.45) is 17.8 Å². The third-order valence-electron chi connectivity index (χ3n) is 5.95. The number of pyridine rings is 1. The minimum atomic E-state index is -0.741. The van der Waals surface area contributed by atoms with Gasteiger partial charge in [0.05, 0.1) is 37.7 Å².